The number of ether oxygens (including phenoxy) is 2. The van der Waals surface area contributed by atoms with Crippen molar-refractivity contribution in [1.82, 2.24) is 15.1 Å². The van der Waals surface area contributed by atoms with Gasteiger partial charge in [-0.1, -0.05) is 18.2 Å². The Balaban J connectivity index is 1.75. The Hall–Kier alpha value is -3.55. The topological polar surface area (TPSA) is 88.2 Å². The highest BCUT2D eigenvalue weighted by Crippen LogP contribution is 2.26. The normalized spacial score (nSPS) is 14.7. The van der Waals surface area contributed by atoms with Gasteiger partial charge in [-0.25, -0.2) is 0 Å². The van der Waals surface area contributed by atoms with Crippen LogP contribution in [0.1, 0.15) is 47.4 Å². The number of carbonyl (C=O) groups excluding carboxylic acids is 3. The van der Waals surface area contributed by atoms with Crippen molar-refractivity contribution in [2.45, 2.75) is 32.7 Å². The smallest absolute Gasteiger partial charge is 0.257 e. The van der Waals surface area contributed by atoms with Crippen molar-refractivity contribution in [2.24, 2.45) is 5.92 Å². The molecule has 1 aliphatic rings. The molecule has 0 saturated carbocycles. The van der Waals surface area contributed by atoms with Gasteiger partial charge in [-0.05, 0) is 62.9 Å². The molecule has 2 aromatic rings. The average Bonchev–Trinajstić information content (AvgIpc) is 2.91. The van der Waals surface area contributed by atoms with E-state index in [9.17, 15) is 14.4 Å². The van der Waals surface area contributed by atoms with Crippen molar-refractivity contribution in [1.29, 1.82) is 0 Å². The Bertz CT molecular complexity index is 1030. The number of amides is 3. The second-order valence-electron chi connectivity index (χ2n) is 8.52. The number of methoxy groups -OCH3 is 2. The van der Waals surface area contributed by atoms with Crippen molar-refractivity contribution < 1.29 is 23.9 Å². The second kappa shape index (κ2) is 12.2. The van der Waals surface area contributed by atoms with Crippen LogP contribution in [0.15, 0.2) is 48.5 Å². The Kier molecular flexibility index (Phi) is 9.11. The number of hydrogen-bond donors (Lipinski definition) is 1. The van der Waals surface area contributed by atoms with Crippen LogP contribution in [-0.2, 0) is 4.79 Å². The van der Waals surface area contributed by atoms with Crippen LogP contribution in [0, 0.1) is 5.92 Å². The molecule has 0 spiro atoms. The number of nitrogens with zero attached hydrogens (tertiary/aromatic N) is 2. The lowest BCUT2D eigenvalue weighted by Crippen LogP contribution is -2.54. The number of carbonyl (C=O) groups is 3. The lowest BCUT2D eigenvalue weighted by Gasteiger charge is -2.37. The summed E-state index contributed by atoms with van der Waals surface area (Å²) in [6, 6.07) is 13.4. The molecule has 8 heteroatoms. The maximum absolute atomic E-state index is 13.4. The summed E-state index contributed by atoms with van der Waals surface area (Å²) in [5, 5.41) is 2.99. The van der Waals surface area contributed by atoms with Crippen molar-refractivity contribution in [3.8, 4) is 11.5 Å². The fourth-order valence-corrected chi connectivity index (χ4v) is 4.53. The zero-order valence-corrected chi connectivity index (χ0v) is 21.0. The van der Waals surface area contributed by atoms with Crippen LogP contribution in [0.25, 0.3) is 0 Å². The van der Waals surface area contributed by atoms with E-state index in [0.717, 1.165) is 0 Å². The van der Waals surface area contributed by atoms with E-state index in [0.29, 0.717) is 61.6 Å². The Morgan fingerprint density at radius 2 is 1.69 bits per heavy atom. The lowest BCUT2D eigenvalue weighted by molar-refractivity contribution is -0.134. The van der Waals surface area contributed by atoms with E-state index in [-0.39, 0.29) is 23.6 Å². The van der Waals surface area contributed by atoms with Gasteiger partial charge in [-0.2, -0.15) is 0 Å². The zero-order chi connectivity index (χ0) is 25.4. The highest BCUT2D eigenvalue weighted by molar-refractivity contribution is 5.98. The minimum absolute atomic E-state index is 0.0839. The van der Waals surface area contributed by atoms with Gasteiger partial charge in [0.1, 0.15) is 17.5 Å². The molecule has 0 aliphatic carbocycles. The third kappa shape index (κ3) is 6.12. The lowest BCUT2D eigenvalue weighted by atomic mass is 9.87. The average molecular weight is 482 g/mol. The van der Waals surface area contributed by atoms with Crippen molar-refractivity contribution in [2.75, 3.05) is 40.4 Å². The van der Waals surface area contributed by atoms with Gasteiger partial charge in [-0.3, -0.25) is 14.4 Å². The van der Waals surface area contributed by atoms with E-state index >= 15 is 0 Å². The number of piperidine rings is 1. The summed E-state index contributed by atoms with van der Waals surface area (Å²) in [5.74, 6) is 0.530. The third-order valence-corrected chi connectivity index (χ3v) is 6.60. The molecular formula is C27H35N3O5. The molecule has 0 bridgehead atoms. The third-order valence-electron chi connectivity index (χ3n) is 6.60. The summed E-state index contributed by atoms with van der Waals surface area (Å²) in [4.78, 5) is 43.1. The first-order valence-corrected chi connectivity index (χ1v) is 12.1. The number of nitrogens with one attached hydrogen (secondary N) is 1. The molecular weight excluding hydrogens is 446 g/mol. The van der Waals surface area contributed by atoms with Crippen molar-refractivity contribution >= 4 is 17.7 Å². The number of hydrogen-bond acceptors (Lipinski definition) is 5. The summed E-state index contributed by atoms with van der Waals surface area (Å²) in [6.45, 7) is 5.98. The predicted molar refractivity (Wildman–Crippen MR) is 134 cm³/mol. The maximum Gasteiger partial charge on any atom is 0.257 e. The quantitative estimate of drug-likeness (QED) is 0.594. The summed E-state index contributed by atoms with van der Waals surface area (Å²) in [6.07, 6.45) is 1.22. The summed E-state index contributed by atoms with van der Waals surface area (Å²) in [7, 11) is 3.09. The SMILES string of the molecule is CCN(CC)C(=O)[C@H](NC(=O)c1cccc(OC)c1)C1CCN(C(=O)c2ccccc2OC)CC1. The molecule has 3 rings (SSSR count). The zero-order valence-electron chi connectivity index (χ0n) is 21.0. The minimum Gasteiger partial charge on any atom is -0.497 e. The first-order chi connectivity index (χ1) is 16.9. The van der Waals surface area contributed by atoms with Crippen LogP contribution in [0.3, 0.4) is 0 Å². The van der Waals surface area contributed by atoms with Gasteiger partial charge in [0.05, 0.1) is 19.8 Å². The maximum atomic E-state index is 13.4. The van der Waals surface area contributed by atoms with Gasteiger partial charge < -0.3 is 24.6 Å². The molecule has 3 amide bonds. The van der Waals surface area contributed by atoms with Gasteiger partial charge >= 0.3 is 0 Å². The Labute approximate surface area is 207 Å². The molecule has 35 heavy (non-hydrogen) atoms. The summed E-state index contributed by atoms with van der Waals surface area (Å²) < 4.78 is 10.6. The molecule has 1 fully saturated rings. The second-order valence-corrected chi connectivity index (χ2v) is 8.52. The molecule has 0 unspecified atom stereocenters. The van der Waals surface area contributed by atoms with E-state index < -0.39 is 6.04 Å². The fourth-order valence-electron chi connectivity index (χ4n) is 4.53. The number of rotatable bonds is 9. The molecule has 1 saturated heterocycles. The molecule has 1 aliphatic heterocycles. The molecule has 8 nitrogen and oxygen atoms in total. The highest BCUT2D eigenvalue weighted by atomic mass is 16.5. The van der Waals surface area contributed by atoms with E-state index in [2.05, 4.69) is 5.32 Å². The van der Waals surface area contributed by atoms with E-state index in [1.54, 1.807) is 60.4 Å². The van der Waals surface area contributed by atoms with Gasteiger partial charge in [0, 0.05) is 31.7 Å². The van der Waals surface area contributed by atoms with Gasteiger partial charge in [0.25, 0.3) is 11.8 Å². The van der Waals surface area contributed by atoms with Crippen molar-refractivity contribution in [3.63, 3.8) is 0 Å². The van der Waals surface area contributed by atoms with Gasteiger partial charge in [-0.15, -0.1) is 0 Å². The van der Waals surface area contributed by atoms with Crippen LogP contribution in [-0.4, -0.2) is 74.0 Å². The Morgan fingerprint density at radius 3 is 2.31 bits per heavy atom. The van der Waals surface area contributed by atoms with Crippen LogP contribution < -0.4 is 14.8 Å². The fraction of sp³-hybridized carbons (Fsp3) is 0.444. The van der Waals surface area contributed by atoms with Gasteiger partial charge in [0.2, 0.25) is 5.91 Å². The first kappa shape index (κ1) is 26.1. The van der Waals surface area contributed by atoms with E-state index in [1.165, 1.54) is 0 Å². The molecule has 0 radical (unpaired) electrons. The largest absolute Gasteiger partial charge is 0.497 e. The minimum atomic E-state index is -0.669. The number of benzene rings is 2. The number of likely N-dealkylation sites (N-methyl/N-ethyl adjacent to an activating group) is 1. The first-order valence-electron chi connectivity index (χ1n) is 12.1. The van der Waals surface area contributed by atoms with E-state index in [4.69, 9.17) is 9.47 Å². The monoisotopic (exact) mass is 481 g/mol. The molecule has 1 N–H and O–H groups in total. The van der Waals surface area contributed by atoms with Crippen LogP contribution in [0.5, 0.6) is 11.5 Å². The molecule has 0 aromatic heterocycles. The molecule has 188 valence electrons. The summed E-state index contributed by atoms with van der Waals surface area (Å²) in [5.41, 5.74) is 0.959. The number of likely N-dealkylation sites (tertiary alicyclic amines) is 1. The molecule has 2 aromatic carbocycles. The summed E-state index contributed by atoms with van der Waals surface area (Å²) >= 11 is 0. The predicted octanol–water partition coefficient (Wildman–Crippen LogP) is 3.22. The standard InChI is InChI=1S/C27H35N3O5/c1-5-29(6-2)27(33)24(28-25(31)20-10-9-11-21(18-20)34-3)19-14-16-30(17-15-19)26(32)22-12-7-8-13-23(22)35-4/h7-13,18-19,24H,5-6,14-17H2,1-4H3,(H,28,31)/t24-/m1/s1. The Morgan fingerprint density at radius 1 is 1.00 bits per heavy atom. The highest BCUT2D eigenvalue weighted by Gasteiger charge is 2.36. The van der Waals surface area contributed by atoms with Crippen molar-refractivity contribution in [3.05, 3.63) is 59.7 Å². The van der Waals surface area contributed by atoms with E-state index in [1.807, 2.05) is 26.0 Å². The van der Waals surface area contributed by atoms with Crippen LogP contribution >= 0.6 is 0 Å². The molecule has 1 atom stereocenters. The van der Waals surface area contributed by atoms with Crippen LogP contribution in [0.2, 0.25) is 0 Å². The van der Waals surface area contributed by atoms with Gasteiger partial charge in [0.15, 0.2) is 0 Å². The van der Waals surface area contributed by atoms with Crippen LogP contribution in [0.4, 0.5) is 0 Å². The molecule has 1 heterocycles. The number of para-hydroxylation sites is 1.